The number of nitrogens with two attached hydrogens (primary N) is 1. The molecule has 1 saturated heterocycles. The van der Waals surface area contributed by atoms with E-state index in [1.807, 2.05) is 0 Å². The molecule has 0 aliphatic carbocycles. The fourth-order valence-corrected chi connectivity index (χ4v) is 1.74. The van der Waals surface area contributed by atoms with Crippen molar-refractivity contribution >= 4 is 5.91 Å². The lowest BCUT2D eigenvalue weighted by molar-refractivity contribution is -0.137. The molecule has 76 valence electrons. The van der Waals surface area contributed by atoms with Gasteiger partial charge < -0.3 is 15.7 Å². The third-order valence-corrected chi connectivity index (χ3v) is 2.81. The number of rotatable bonds is 2. The van der Waals surface area contributed by atoms with Gasteiger partial charge in [-0.2, -0.15) is 0 Å². The summed E-state index contributed by atoms with van der Waals surface area (Å²) in [5.74, 6) is -0.578. The second-order valence-electron chi connectivity index (χ2n) is 3.68. The largest absolute Gasteiger partial charge is 0.380 e. The standard InChI is InChI=1S/C9H18N2O2/c1-2-11-6-3-4-9(13,5-7-11)8(10)12/h13H,2-7H2,1H3,(H2,10,12). The van der Waals surface area contributed by atoms with E-state index in [1.54, 1.807) is 0 Å². The summed E-state index contributed by atoms with van der Waals surface area (Å²) in [6.45, 7) is 4.76. The average Bonchev–Trinajstić information content (AvgIpc) is 2.28. The number of hydrogen-bond acceptors (Lipinski definition) is 3. The minimum atomic E-state index is -1.26. The van der Waals surface area contributed by atoms with Crippen LogP contribution in [0.25, 0.3) is 0 Å². The van der Waals surface area contributed by atoms with Crippen LogP contribution in [0.1, 0.15) is 26.2 Å². The maximum atomic E-state index is 11.0. The predicted octanol–water partition coefficient (Wildman–Crippen LogP) is -0.291. The predicted molar refractivity (Wildman–Crippen MR) is 50.1 cm³/mol. The van der Waals surface area contributed by atoms with Crippen LogP contribution in [-0.4, -0.2) is 41.1 Å². The summed E-state index contributed by atoms with van der Waals surface area (Å²) < 4.78 is 0. The number of carbonyl (C=O) groups excluding carboxylic acids is 1. The summed E-state index contributed by atoms with van der Waals surface area (Å²) in [6.07, 6.45) is 1.81. The van der Waals surface area contributed by atoms with Crippen molar-refractivity contribution in [1.29, 1.82) is 0 Å². The molecule has 4 nitrogen and oxygen atoms in total. The Balaban J connectivity index is 2.58. The number of nitrogens with zero attached hydrogens (tertiary/aromatic N) is 1. The van der Waals surface area contributed by atoms with Crippen LogP contribution >= 0.6 is 0 Å². The molecule has 3 N–H and O–H groups in total. The van der Waals surface area contributed by atoms with Crippen LogP contribution < -0.4 is 5.73 Å². The molecular weight excluding hydrogens is 168 g/mol. The number of primary amides is 1. The highest BCUT2D eigenvalue weighted by molar-refractivity contribution is 5.83. The highest BCUT2D eigenvalue weighted by Crippen LogP contribution is 2.21. The Labute approximate surface area is 78.7 Å². The minimum Gasteiger partial charge on any atom is -0.380 e. The molecule has 0 aromatic carbocycles. The maximum absolute atomic E-state index is 11.0. The molecule has 1 atom stereocenters. The van der Waals surface area contributed by atoms with Gasteiger partial charge in [0.1, 0.15) is 5.60 Å². The van der Waals surface area contributed by atoms with E-state index in [1.165, 1.54) is 0 Å². The molecular formula is C9H18N2O2. The van der Waals surface area contributed by atoms with Gasteiger partial charge in [0.15, 0.2) is 0 Å². The van der Waals surface area contributed by atoms with Crippen LogP contribution in [0.2, 0.25) is 0 Å². The Hall–Kier alpha value is -0.610. The topological polar surface area (TPSA) is 66.6 Å². The molecule has 1 aliphatic rings. The van der Waals surface area contributed by atoms with Gasteiger partial charge in [-0.15, -0.1) is 0 Å². The number of likely N-dealkylation sites (tertiary alicyclic amines) is 1. The van der Waals surface area contributed by atoms with Crippen LogP contribution in [0, 0.1) is 0 Å². The van der Waals surface area contributed by atoms with E-state index in [0.717, 1.165) is 26.1 Å². The van der Waals surface area contributed by atoms with Crippen LogP contribution in [0.15, 0.2) is 0 Å². The Kier molecular flexibility index (Phi) is 3.27. The minimum absolute atomic E-state index is 0.468. The van der Waals surface area contributed by atoms with E-state index < -0.39 is 11.5 Å². The third kappa shape index (κ3) is 2.42. The number of aliphatic hydroxyl groups is 1. The Bertz CT molecular complexity index is 196. The first-order valence-corrected chi connectivity index (χ1v) is 4.83. The molecule has 1 amide bonds. The summed E-state index contributed by atoms with van der Waals surface area (Å²) in [4.78, 5) is 13.2. The van der Waals surface area contributed by atoms with Crippen molar-refractivity contribution in [3.8, 4) is 0 Å². The van der Waals surface area contributed by atoms with E-state index in [2.05, 4.69) is 11.8 Å². The van der Waals surface area contributed by atoms with Gasteiger partial charge in [0.25, 0.3) is 0 Å². The fraction of sp³-hybridized carbons (Fsp3) is 0.889. The summed E-state index contributed by atoms with van der Waals surface area (Å²) in [7, 11) is 0. The van der Waals surface area contributed by atoms with Crippen LogP contribution in [0.4, 0.5) is 0 Å². The van der Waals surface area contributed by atoms with Crippen molar-refractivity contribution in [3.05, 3.63) is 0 Å². The van der Waals surface area contributed by atoms with Crippen molar-refractivity contribution < 1.29 is 9.90 Å². The van der Waals surface area contributed by atoms with Gasteiger partial charge in [-0.25, -0.2) is 0 Å². The Morgan fingerprint density at radius 1 is 1.54 bits per heavy atom. The average molecular weight is 186 g/mol. The molecule has 1 rings (SSSR count). The van der Waals surface area contributed by atoms with Gasteiger partial charge in [0, 0.05) is 6.54 Å². The smallest absolute Gasteiger partial charge is 0.249 e. The van der Waals surface area contributed by atoms with Crippen molar-refractivity contribution in [1.82, 2.24) is 4.90 Å². The lowest BCUT2D eigenvalue weighted by Crippen LogP contribution is -2.44. The first-order chi connectivity index (χ1) is 6.08. The summed E-state index contributed by atoms with van der Waals surface area (Å²) in [5, 5.41) is 9.84. The first kappa shape index (κ1) is 10.5. The number of hydrogen-bond donors (Lipinski definition) is 2. The molecule has 0 radical (unpaired) electrons. The zero-order valence-electron chi connectivity index (χ0n) is 8.12. The maximum Gasteiger partial charge on any atom is 0.249 e. The molecule has 0 aromatic rings. The molecule has 1 fully saturated rings. The number of carbonyl (C=O) groups is 1. The van der Waals surface area contributed by atoms with Crippen molar-refractivity contribution in [2.45, 2.75) is 31.8 Å². The third-order valence-electron chi connectivity index (χ3n) is 2.81. The molecule has 1 unspecified atom stereocenters. The van der Waals surface area contributed by atoms with Gasteiger partial charge in [0.2, 0.25) is 5.91 Å². The Morgan fingerprint density at radius 3 is 2.77 bits per heavy atom. The molecule has 13 heavy (non-hydrogen) atoms. The number of amides is 1. The highest BCUT2D eigenvalue weighted by Gasteiger charge is 2.35. The summed E-state index contributed by atoms with van der Waals surface area (Å²) in [5.41, 5.74) is 3.89. The van der Waals surface area contributed by atoms with E-state index in [4.69, 9.17) is 5.73 Å². The van der Waals surface area contributed by atoms with E-state index in [0.29, 0.717) is 12.8 Å². The summed E-state index contributed by atoms with van der Waals surface area (Å²) in [6, 6.07) is 0. The van der Waals surface area contributed by atoms with E-state index in [-0.39, 0.29) is 0 Å². The lowest BCUT2D eigenvalue weighted by atomic mass is 9.94. The van der Waals surface area contributed by atoms with Gasteiger partial charge in [0.05, 0.1) is 0 Å². The highest BCUT2D eigenvalue weighted by atomic mass is 16.3. The second kappa shape index (κ2) is 4.07. The fourth-order valence-electron chi connectivity index (χ4n) is 1.74. The zero-order chi connectivity index (χ0) is 9.90. The molecule has 4 heteroatoms. The lowest BCUT2D eigenvalue weighted by Gasteiger charge is -2.22. The van der Waals surface area contributed by atoms with E-state index >= 15 is 0 Å². The van der Waals surface area contributed by atoms with Crippen LogP contribution in [0.5, 0.6) is 0 Å². The van der Waals surface area contributed by atoms with Gasteiger partial charge in [-0.3, -0.25) is 4.79 Å². The van der Waals surface area contributed by atoms with Gasteiger partial charge in [-0.05, 0) is 32.4 Å². The molecule has 0 aromatic heterocycles. The van der Waals surface area contributed by atoms with Crippen LogP contribution in [-0.2, 0) is 4.79 Å². The normalized spacial score (nSPS) is 31.2. The zero-order valence-corrected chi connectivity index (χ0v) is 8.12. The summed E-state index contributed by atoms with van der Waals surface area (Å²) >= 11 is 0. The first-order valence-electron chi connectivity index (χ1n) is 4.83. The van der Waals surface area contributed by atoms with E-state index in [9.17, 15) is 9.90 Å². The molecule has 0 bridgehead atoms. The van der Waals surface area contributed by atoms with Crippen LogP contribution in [0.3, 0.4) is 0 Å². The molecule has 0 spiro atoms. The van der Waals surface area contributed by atoms with Crippen molar-refractivity contribution in [2.24, 2.45) is 5.73 Å². The van der Waals surface area contributed by atoms with Crippen molar-refractivity contribution in [2.75, 3.05) is 19.6 Å². The second-order valence-corrected chi connectivity index (χ2v) is 3.68. The SMILES string of the molecule is CCN1CCCC(O)(C(N)=O)CC1. The molecule has 1 aliphatic heterocycles. The quantitative estimate of drug-likeness (QED) is 0.622. The Morgan fingerprint density at radius 2 is 2.23 bits per heavy atom. The van der Waals surface area contributed by atoms with Gasteiger partial charge in [-0.1, -0.05) is 6.92 Å². The van der Waals surface area contributed by atoms with Gasteiger partial charge >= 0.3 is 0 Å². The van der Waals surface area contributed by atoms with Crippen molar-refractivity contribution in [3.63, 3.8) is 0 Å². The monoisotopic (exact) mass is 186 g/mol. The molecule has 1 heterocycles. The molecule has 0 saturated carbocycles.